The van der Waals surface area contributed by atoms with Crippen LogP contribution in [-0.4, -0.2) is 50.0 Å². The van der Waals surface area contributed by atoms with Crippen molar-refractivity contribution in [3.05, 3.63) is 66.6 Å². The van der Waals surface area contributed by atoms with Gasteiger partial charge in [0.15, 0.2) is 0 Å². The summed E-state index contributed by atoms with van der Waals surface area (Å²) in [6, 6.07) is 9.59. The number of rotatable bonds is 7. The predicted molar refractivity (Wildman–Crippen MR) is 113 cm³/mol. The molecule has 30 heavy (non-hydrogen) atoms. The fraction of sp³-hybridized carbons (Fsp3) is 0.364. The van der Waals surface area contributed by atoms with Gasteiger partial charge in [-0.15, -0.1) is 0 Å². The molecule has 1 unspecified atom stereocenters. The minimum absolute atomic E-state index is 0.162. The van der Waals surface area contributed by atoms with Crippen LogP contribution in [0.25, 0.3) is 0 Å². The SMILES string of the molecule is Cc1nccn1CCCC(=O)N1CCOC(c2ccc(Nc3ccccn3)cn2)C1. The lowest BCUT2D eigenvalue weighted by Gasteiger charge is -2.32. The van der Waals surface area contributed by atoms with E-state index in [0.717, 1.165) is 36.0 Å². The second kappa shape index (κ2) is 9.49. The second-order valence-corrected chi connectivity index (χ2v) is 7.28. The number of amides is 1. The van der Waals surface area contributed by atoms with Crippen LogP contribution in [0, 0.1) is 6.92 Å². The van der Waals surface area contributed by atoms with E-state index in [-0.39, 0.29) is 12.0 Å². The molecule has 0 spiro atoms. The van der Waals surface area contributed by atoms with Crippen molar-refractivity contribution in [2.75, 3.05) is 25.0 Å². The Morgan fingerprint density at radius 1 is 1.20 bits per heavy atom. The van der Waals surface area contributed by atoms with E-state index in [0.29, 0.717) is 26.1 Å². The molecule has 1 aliphatic rings. The first-order valence-corrected chi connectivity index (χ1v) is 10.2. The predicted octanol–water partition coefficient (Wildman–Crippen LogP) is 3.11. The van der Waals surface area contributed by atoms with Crippen molar-refractivity contribution in [3.63, 3.8) is 0 Å². The first-order valence-electron chi connectivity index (χ1n) is 10.2. The maximum absolute atomic E-state index is 12.7. The van der Waals surface area contributed by atoms with Gasteiger partial charge in [0.25, 0.3) is 0 Å². The summed E-state index contributed by atoms with van der Waals surface area (Å²) in [6.07, 6.45) is 8.34. The van der Waals surface area contributed by atoms with Gasteiger partial charge in [-0.1, -0.05) is 6.07 Å². The van der Waals surface area contributed by atoms with Crippen LogP contribution in [0.2, 0.25) is 0 Å². The van der Waals surface area contributed by atoms with Crippen molar-refractivity contribution < 1.29 is 9.53 Å². The van der Waals surface area contributed by atoms with Crippen molar-refractivity contribution in [3.8, 4) is 0 Å². The van der Waals surface area contributed by atoms with Gasteiger partial charge in [0.05, 0.1) is 30.7 Å². The van der Waals surface area contributed by atoms with Crippen LogP contribution >= 0.6 is 0 Å². The Balaban J connectivity index is 1.29. The highest BCUT2D eigenvalue weighted by atomic mass is 16.5. The Labute approximate surface area is 175 Å². The Morgan fingerprint density at radius 2 is 2.13 bits per heavy atom. The first-order chi connectivity index (χ1) is 14.7. The Bertz CT molecular complexity index is 957. The van der Waals surface area contributed by atoms with Gasteiger partial charge in [-0.2, -0.15) is 0 Å². The molecular formula is C22H26N6O2. The lowest BCUT2D eigenvalue weighted by molar-refractivity contribution is -0.139. The average molecular weight is 406 g/mol. The van der Waals surface area contributed by atoms with Crippen molar-refractivity contribution in [2.24, 2.45) is 0 Å². The first kappa shape index (κ1) is 20.0. The molecule has 0 bridgehead atoms. The normalized spacial score (nSPS) is 16.4. The summed E-state index contributed by atoms with van der Waals surface area (Å²) in [5.41, 5.74) is 1.68. The Morgan fingerprint density at radius 3 is 2.87 bits per heavy atom. The molecule has 8 heteroatoms. The zero-order chi connectivity index (χ0) is 20.8. The largest absolute Gasteiger partial charge is 0.368 e. The molecule has 156 valence electrons. The number of aryl methyl sites for hydroxylation is 2. The molecule has 1 aliphatic heterocycles. The van der Waals surface area contributed by atoms with Gasteiger partial charge in [-0.25, -0.2) is 9.97 Å². The fourth-order valence-electron chi connectivity index (χ4n) is 3.51. The van der Waals surface area contributed by atoms with Gasteiger partial charge in [0.1, 0.15) is 17.7 Å². The number of aromatic nitrogens is 4. The van der Waals surface area contributed by atoms with Gasteiger partial charge in [0.2, 0.25) is 5.91 Å². The molecule has 0 aromatic carbocycles. The number of carbonyl (C=O) groups is 1. The summed E-state index contributed by atoms with van der Waals surface area (Å²) in [5.74, 6) is 1.90. The van der Waals surface area contributed by atoms with E-state index in [1.807, 2.05) is 48.4 Å². The number of nitrogens with one attached hydrogen (secondary N) is 1. The lowest BCUT2D eigenvalue weighted by atomic mass is 10.1. The number of carbonyl (C=O) groups excluding carboxylic acids is 1. The summed E-state index contributed by atoms with van der Waals surface area (Å²) < 4.78 is 7.95. The molecule has 0 radical (unpaired) electrons. The standard InChI is InChI=1S/C22H26N6O2/c1-17-23-10-12-27(17)11-4-6-22(29)28-13-14-30-20(16-28)19-8-7-18(15-25-19)26-21-5-2-3-9-24-21/h2-3,5,7-10,12,15,20H,4,6,11,13-14,16H2,1H3,(H,24,26). The van der Waals surface area contributed by atoms with Crippen LogP contribution in [0.5, 0.6) is 0 Å². The molecule has 3 aromatic rings. The third kappa shape index (κ3) is 5.01. The van der Waals surface area contributed by atoms with E-state index in [2.05, 4.69) is 24.8 Å². The number of nitrogens with zero attached hydrogens (tertiary/aromatic N) is 5. The number of morpholine rings is 1. The molecule has 1 saturated heterocycles. The van der Waals surface area contributed by atoms with E-state index in [1.165, 1.54) is 0 Å². The van der Waals surface area contributed by atoms with Crippen molar-refractivity contribution in [1.29, 1.82) is 0 Å². The number of hydrogen-bond donors (Lipinski definition) is 1. The van der Waals surface area contributed by atoms with Crippen molar-refractivity contribution in [2.45, 2.75) is 32.4 Å². The van der Waals surface area contributed by atoms with Crippen LogP contribution in [0.3, 0.4) is 0 Å². The number of anilines is 2. The summed E-state index contributed by atoms with van der Waals surface area (Å²) in [7, 11) is 0. The highest BCUT2D eigenvalue weighted by Crippen LogP contribution is 2.23. The third-order valence-corrected chi connectivity index (χ3v) is 5.19. The molecule has 0 aliphatic carbocycles. The highest BCUT2D eigenvalue weighted by Gasteiger charge is 2.26. The molecule has 0 saturated carbocycles. The smallest absolute Gasteiger partial charge is 0.222 e. The Hall–Kier alpha value is -3.26. The third-order valence-electron chi connectivity index (χ3n) is 5.19. The molecule has 4 rings (SSSR count). The van der Waals surface area contributed by atoms with Crippen LogP contribution in [0.4, 0.5) is 11.5 Å². The van der Waals surface area contributed by atoms with Crippen LogP contribution in [-0.2, 0) is 16.1 Å². The molecule has 1 N–H and O–H groups in total. The fourth-order valence-corrected chi connectivity index (χ4v) is 3.51. The number of imidazole rings is 1. The number of ether oxygens (including phenoxy) is 1. The maximum Gasteiger partial charge on any atom is 0.222 e. The molecular weight excluding hydrogens is 380 g/mol. The molecule has 4 heterocycles. The molecule has 8 nitrogen and oxygen atoms in total. The topological polar surface area (TPSA) is 85.2 Å². The van der Waals surface area contributed by atoms with E-state index in [1.54, 1.807) is 18.6 Å². The van der Waals surface area contributed by atoms with Crippen LogP contribution in [0.1, 0.15) is 30.5 Å². The van der Waals surface area contributed by atoms with Crippen molar-refractivity contribution >= 4 is 17.4 Å². The Kier molecular flexibility index (Phi) is 6.34. The second-order valence-electron chi connectivity index (χ2n) is 7.28. The summed E-state index contributed by atoms with van der Waals surface area (Å²) in [4.78, 5) is 27.5. The van der Waals surface area contributed by atoms with E-state index < -0.39 is 0 Å². The number of hydrogen-bond acceptors (Lipinski definition) is 6. The minimum atomic E-state index is -0.206. The molecule has 1 atom stereocenters. The van der Waals surface area contributed by atoms with Gasteiger partial charge in [-0.3, -0.25) is 9.78 Å². The van der Waals surface area contributed by atoms with Crippen LogP contribution in [0.15, 0.2) is 55.1 Å². The quantitative estimate of drug-likeness (QED) is 0.649. The van der Waals surface area contributed by atoms with Gasteiger partial charge in [0, 0.05) is 38.1 Å². The number of pyridine rings is 2. The molecule has 1 fully saturated rings. The van der Waals surface area contributed by atoms with E-state index >= 15 is 0 Å². The summed E-state index contributed by atoms with van der Waals surface area (Å²) in [5, 5.41) is 3.21. The van der Waals surface area contributed by atoms with E-state index in [4.69, 9.17) is 4.74 Å². The molecule has 3 aromatic heterocycles. The summed E-state index contributed by atoms with van der Waals surface area (Å²) in [6.45, 7) is 4.45. The zero-order valence-electron chi connectivity index (χ0n) is 17.1. The highest BCUT2D eigenvalue weighted by molar-refractivity contribution is 5.76. The lowest BCUT2D eigenvalue weighted by Crippen LogP contribution is -2.42. The zero-order valence-corrected chi connectivity index (χ0v) is 17.1. The van der Waals surface area contributed by atoms with E-state index in [9.17, 15) is 4.79 Å². The summed E-state index contributed by atoms with van der Waals surface area (Å²) >= 11 is 0. The maximum atomic E-state index is 12.7. The molecule has 1 amide bonds. The monoisotopic (exact) mass is 406 g/mol. The van der Waals surface area contributed by atoms with Gasteiger partial charge < -0.3 is 19.5 Å². The van der Waals surface area contributed by atoms with Crippen molar-refractivity contribution in [1.82, 2.24) is 24.4 Å². The van der Waals surface area contributed by atoms with Gasteiger partial charge >= 0.3 is 0 Å². The van der Waals surface area contributed by atoms with Crippen LogP contribution < -0.4 is 5.32 Å². The van der Waals surface area contributed by atoms with Gasteiger partial charge in [-0.05, 0) is 37.6 Å². The average Bonchev–Trinajstić information content (AvgIpc) is 3.20. The minimum Gasteiger partial charge on any atom is -0.368 e.